The predicted octanol–water partition coefficient (Wildman–Crippen LogP) is 2.42. The molecule has 0 aromatic heterocycles. The van der Waals surface area contributed by atoms with Crippen LogP contribution in [-0.2, 0) is 14.3 Å². The van der Waals surface area contributed by atoms with Crippen LogP contribution in [0.15, 0.2) is 23.8 Å². The lowest BCUT2D eigenvalue weighted by atomic mass is 9.57. The van der Waals surface area contributed by atoms with Crippen LogP contribution in [0.5, 0.6) is 0 Å². The number of ketones is 1. The Kier molecular flexibility index (Phi) is 2.31. The fourth-order valence-electron chi connectivity index (χ4n) is 3.67. The number of rotatable bonds is 0. The van der Waals surface area contributed by atoms with Crippen LogP contribution in [0, 0.1) is 17.3 Å². The topological polar surface area (TPSA) is 43.4 Å². The standard InChI is InChI=1S/C15H18O3/c1-8-4-11(16)5-10-6-13-12(7-15(8,10)3)9(2)14(17)18-13/h5,8,12-13H,2,4,6-7H2,1,3H3/t8-,12+,13+,15+/m0/s1. The smallest absolute Gasteiger partial charge is 0.334 e. The Hall–Kier alpha value is -1.38. The van der Waals surface area contributed by atoms with Crippen LogP contribution in [-0.4, -0.2) is 17.9 Å². The zero-order valence-corrected chi connectivity index (χ0v) is 10.9. The second-order valence-electron chi connectivity index (χ2n) is 6.14. The Balaban J connectivity index is 2.00. The molecule has 0 spiro atoms. The van der Waals surface area contributed by atoms with Gasteiger partial charge in [0.1, 0.15) is 6.10 Å². The van der Waals surface area contributed by atoms with E-state index in [4.69, 9.17) is 4.74 Å². The van der Waals surface area contributed by atoms with Gasteiger partial charge in [0.15, 0.2) is 5.78 Å². The molecule has 0 radical (unpaired) electrons. The molecule has 3 aliphatic rings. The van der Waals surface area contributed by atoms with Crippen molar-refractivity contribution in [3.05, 3.63) is 23.8 Å². The molecule has 0 aromatic rings. The summed E-state index contributed by atoms with van der Waals surface area (Å²) in [6.45, 7) is 8.21. The van der Waals surface area contributed by atoms with Gasteiger partial charge in [-0.25, -0.2) is 4.79 Å². The number of hydrogen-bond acceptors (Lipinski definition) is 3. The van der Waals surface area contributed by atoms with E-state index in [1.807, 2.05) is 0 Å². The highest BCUT2D eigenvalue weighted by Gasteiger charge is 2.52. The molecule has 0 unspecified atom stereocenters. The van der Waals surface area contributed by atoms with Crippen LogP contribution in [0.3, 0.4) is 0 Å². The summed E-state index contributed by atoms with van der Waals surface area (Å²) in [6, 6.07) is 0. The molecule has 2 aliphatic carbocycles. The lowest BCUT2D eigenvalue weighted by Crippen LogP contribution is -2.42. The summed E-state index contributed by atoms with van der Waals surface area (Å²) >= 11 is 0. The molecule has 1 saturated carbocycles. The van der Waals surface area contributed by atoms with Gasteiger partial charge in [-0.2, -0.15) is 0 Å². The van der Waals surface area contributed by atoms with Crippen LogP contribution < -0.4 is 0 Å². The quantitative estimate of drug-likeness (QED) is 0.487. The number of fused-ring (bicyclic) bond motifs is 2. The summed E-state index contributed by atoms with van der Waals surface area (Å²) in [7, 11) is 0. The van der Waals surface area contributed by atoms with Gasteiger partial charge in [-0.1, -0.05) is 26.0 Å². The van der Waals surface area contributed by atoms with Crippen molar-refractivity contribution in [2.45, 2.75) is 39.2 Å². The Morgan fingerprint density at radius 2 is 2.11 bits per heavy atom. The average Bonchev–Trinajstić information content (AvgIpc) is 2.54. The predicted molar refractivity (Wildman–Crippen MR) is 66.7 cm³/mol. The van der Waals surface area contributed by atoms with E-state index in [1.165, 1.54) is 0 Å². The molecule has 1 saturated heterocycles. The molecule has 3 rings (SSSR count). The normalized spacial score (nSPS) is 43.1. The van der Waals surface area contributed by atoms with Crippen molar-refractivity contribution < 1.29 is 14.3 Å². The molecular formula is C15H18O3. The number of carbonyl (C=O) groups is 2. The van der Waals surface area contributed by atoms with Crippen LogP contribution >= 0.6 is 0 Å². The lowest BCUT2D eigenvalue weighted by Gasteiger charge is -2.47. The molecule has 1 aliphatic heterocycles. The molecule has 3 nitrogen and oxygen atoms in total. The Labute approximate surface area is 107 Å². The summed E-state index contributed by atoms with van der Waals surface area (Å²) in [6.07, 6.45) is 3.87. The van der Waals surface area contributed by atoms with Crippen LogP contribution in [0.2, 0.25) is 0 Å². The van der Waals surface area contributed by atoms with Crippen LogP contribution in [0.4, 0.5) is 0 Å². The van der Waals surface area contributed by atoms with Gasteiger partial charge in [-0.3, -0.25) is 4.79 Å². The van der Waals surface area contributed by atoms with E-state index in [9.17, 15) is 9.59 Å². The number of allylic oxidation sites excluding steroid dienone is 1. The molecule has 0 bridgehead atoms. The molecular weight excluding hydrogens is 228 g/mol. The molecule has 3 heteroatoms. The summed E-state index contributed by atoms with van der Waals surface area (Å²) in [5, 5.41) is 0. The van der Waals surface area contributed by atoms with Crippen molar-refractivity contribution in [3.8, 4) is 0 Å². The van der Waals surface area contributed by atoms with E-state index in [-0.39, 0.29) is 29.2 Å². The maximum absolute atomic E-state index is 11.7. The average molecular weight is 246 g/mol. The van der Waals surface area contributed by atoms with E-state index in [1.54, 1.807) is 6.08 Å². The van der Waals surface area contributed by atoms with Crippen molar-refractivity contribution in [3.63, 3.8) is 0 Å². The third-order valence-corrected chi connectivity index (χ3v) is 5.15. The van der Waals surface area contributed by atoms with Gasteiger partial charge in [0.25, 0.3) is 0 Å². The third kappa shape index (κ3) is 1.43. The van der Waals surface area contributed by atoms with E-state index >= 15 is 0 Å². The van der Waals surface area contributed by atoms with Crippen molar-refractivity contribution in [2.24, 2.45) is 17.3 Å². The first-order chi connectivity index (χ1) is 8.41. The highest BCUT2D eigenvalue weighted by molar-refractivity contribution is 5.93. The van der Waals surface area contributed by atoms with Crippen molar-refractivity contribution in [1.82, 2.24) is 0 Å². The minimum Gasteiger partial charge on any atom is -0.458 e. The molecule has 4 atom stereocenters. The first kappa shape index (κ1) is 11.7. The lowest BCUT2D eigenvalue weighted by molar-refractivity contribution is -0.139. The van der Waals surface area contributed by atoms with Gasteiger partial charge in [0.05, 0.1) is 0 Å². The summed E-state index contributed by atoms with van der Waals surface area (Å²) < 4.78 is 5.35. The first-order valence-corrected chi connectivity index (χ1v) is 6.55. The Bertz CT molecular complexity index is 488. The molecule has 1 heterocycles. The minimum atomic E-state index is -0.258. The monoisotopic (exact) mass is 246 g/mol. The van der Waals surface area contributed by atoms with Crippen molar-refractivity contribution in [2.75, 3.05) is 0 Å². The first-order valence-electron chi connectivity index (χ1n) is 6.55. The van der Waals surface area contributed by atoms with Gasteiger partial charge in [0.2, 0.25) is 0 Å². The number of esters is 1. The van der Waals surface area contributed by atoms with Crippen molar-refractivity contribution >= 4 is 11.8 Å². The van der Waals surface area contributed by atoms with E-state index < -0.39 is 0 Å². The van der Waals surface area contributed by atoms with E-state index in [2.05, 4.69) is 20.4 Å². The number of carbonyl (C=O) groups excluding carboxylic acids is 2. The van der Waals surface area contributed by atoms with Crippen LogP contribution in [0.25, 0.3) is 0 Å². The third-order valence-electron chi connectivity index (χ3n) is 5.15. The van der Waals surface area contributed by atoms with Gasteiger partial charge < -0.3 is 4.74 Å². The molecule has 0 aromatic carbocycles. The molecule has 0 N–H and O–H groups in total. The van der Waals surface area contributed by atoms with Crippen molar-refractivity contribution in [1.29, 1.82) is 0 Å². The maximum atomic E-state index is 11.7. The van der Waals surface area contributed by atoms with Gasteiger partial charge >= 0.3 is 5.97 Å². The Morgan fingerprint density at radius 3 is 2.83 bits per heavy atom. The Morgan fingerprint density at radius 1 is 1.39 bits per heavy atom. The zero-order chi connectivity index (χ0) is 13.1. The molecule has 96 valence electrons. The molecule has 2 fully saturated rings. The van der Waals surface area contributed by atoms with E-state index in [0.717, 1.165) is 12.0 Å². The largest absolute Gasteiger partial charge is 0.458 e. The zero-order valence-electron chi connectivity index (χ0n) is 10.9. The maximum Gasteiger partial charge on any atom is 0.334 e. The second kappa shape index (κ2) is 3.56. The summed E-state index contributed by atoms with van der Waals surface area (Å²) in [4.78, 5) is 23.3. The number of ether oxygens (including phenoxy) is 1. The summed E-state index contributed by atoms with van der Waals surface area (Å²) in [5.74, 6) is 0.410. The van der Waals surface area contributed by atoms with Crippen LogP contribution in [0.1, 0.15) is 33.1 Å². The molecule has 18 heavy (non-hydrogen) atoms. The second-order valence-corrected chi connectivity index (χ2v) is 6.14. The molecule has 0 amide bonds. The number of hydrogen-bond donors (Lipinski definition) is 0. The van der Waals surface area contributed by atoms with Gasteiger partial charge in [-0.15, -0.1) is 0 Å². The van der Waals surface area contributed by atoms with Gasteiger partial charge in [0, 0.05) is 24.3 Å². The SMILES string of the molecule is C=C1C(=O)O[C@@H]2CC3=CC(=O)C[C@H](C)[C@@]3(C)C[C@H]12. The fourth-order valence-corrected chi connectivity index (χ4v) is 3.67. The van der Waals surface area contributed by atoms with E-state index in [0.29, 0.717) is 24.3 Å². The fraction of sp³-hybridized carbons (Fsp3) is 0.600. The van der Waals surface area contributed by atoms with Gasteiger partial charge in [-0.05, 0) is 23.8 Å². The highest BCUT2D eigenvalue weighted by Crippen LogP contribution is 2.55. The summed E-state index contributed by atoms with van der Waals surface area (Å²) in [5.41, 5.74) is 1.80. The minimum absolute atomic E-state index is 0.0198. The highest BCUT2D eigenvalue weighted by atomic mass is 16.6.